The third-order valence-electron chi connectivity index (χ3n) is 2.55. The van der Waals surface area contributed by atoms with Gasteiger partial charge in [0.25, 0.3) is 0 Å². The van der Waals surface area contributed by atoms with E-state index in [9.17, 15) is 9.90 Å². The van der Waals surface area contributed by atoms with Crippen LogP contribution >= 0.6 is 11.8 Å². The van der Waals surface area contributed by atoms with Crippen LogP contribution in [0, 0.1) is 12.8 Å². The molecule has 1 aromatic carbocycles. The maximum Gasteiger partial charge on any atom is 0.194 e. The molecule has 0 aliphatic carbocycles. The molecule has 1 aromatic rings. The fourth-order valence-corrected chi connectivity index (χ4v) is 2.13. The molecule has 1 rings (SSSR count). The predicted molar refractivity (Wildman–Crippen MR) is 68.4 cm³/mol. The van der Waals surface area contributed by atoms with Gasteiger partial charge < -0.3 is 5.11 Å². The first-order chi connectivity index (χ1) is 7.56. The predicted octanol–water partition coefficient (Wildman–Crippen LogP) is 2.94. The molecule has 88 valence electrons. The lowest BCUT2D eigenvalue weighted by Gasteiger charge is -2.17. The second-order valence-corrected chi connectivity index (χ2v) is 5.16. The van der Waals surface area contributed by atoms with Crippen LogP contribution in [0.1, 0.15) is 31.1 Å². The van der Waals surface area contributed by atoms with Crippen LogP contribution in [0.3, 0.4) is 0 Å². The van der Waals surface area contributed by atoms with Crippen molar-refractivity contribution in [1.29, 1.82) is 0 Å². The topological polar surface area (TPSA) is 37.3 Å². The van der Waals surface area contributed by atoms with Gasteiger partial charge in [-0.25, -0.2) is 0 Å². The van der Waals surface area contributed by atoms with Crippen molar-refractivity contribution in [2.24, 2.45) is 5.92 Å². The molecule has 2 nitrogen and oxygen atoms in total. The summed E-state index contributed by atoms with van der Waals surface area (Å²) in [6, 6.07) is 7.65. The first kappa shape index (κ1) is 13.3. The van der Waals surface area contributed by atoms with Crippen LogP contribution in [0.25, 0.3) is 0 Å². The van der Waals surface area contributed by atoms with Crippen molar-refractivity contribution in [3.8, 4) is 0 Å². The maximum atomic E-state index is 11.6. The Bertz CT molecular complexity index is 345. The van der Waals surface area contributed by atoms with Crippen molar-refractivity contribution in [2.75, 3.05) is 5.75 Å². The van der Waals surface area contributed by atoms with Gasteiger partial charge in [0.1, 0.15) is 0 Å². The first-order valence-electron chi connectivity index (χ1n) is 5.47. The highest BCUT2D eigenvalue weighted by Crippen LogP contribution is 2.26. The summed E-state index contributed by atoms with van der Waals surface area (Å²) < 4.78 is 0. The Morgan fingerprint density at radius 2 is 1.94 bits per heavy atom. The largest absolute Gasteiger partial charge is 0.388 e. The molecule has 0 aliphatic heterocycles. The number of carbonyl (C=O) groups excluding carboxylic acids is 1. The zero-order chi connectivity index (χ0) is 12.1. The minimum atomic E-state index is -0.702. The first-order valence-corrected chi connectivity index (χ1v) is 6.46. The zero-order valence-corrected chi connectivity index (χ0v) is 10.8. The minimum absolute atomic E-state index is 0.0515. The molecule has 2 atom stereocenters. The van der Waals surface area contributed by atoms with E-state index in [2.05, 4.69) is 0 Å². The molecule has 1 N–H and O–H groups in total. The molecule has 0 spiro atoms. The lowest BCUT2D eigenvalue weighted by atomic mass is 9.98. The van der Waals surface area contributed by atoms with Gasteiger partial charge in [-0.1, -0.05) is 55.4 Å². The van der Waals surface area contributed by atoms with E-state index in [-0.39, 0.29) is 11.0 Å². The highest BCUT2D eigenvalue weighted by atomic mass is 32.2. The summed E-state index contributed by atoms with van der Waals surface area (Å²) in [5.74, 6) is 0.400. The van der Waals surface area contributed by atoms with Gasteiger partial charge >= 0.3 is 0 Å². The molecular formula is C13H18O2S. The molecule has 0 saturated carbocycles. The molecule has 0 aliphatic rings. The highest BCUT2D eigenvalue weighted by Gasteiger charge is 2.23. The quantitative estimate of drug-likeness (QED) is 0.876. The number of aliphatic hydroxyl groups excluding tert-OH is 1. The second kappa shape index (κ2) is 6.06. The third kappa shape index (κ3) is 3.35. The number of hydrogen-bond acceptors (Lipinski definition) is 3. The molecule has 0 bridgehead atoms. The van der Waals surface area contributed by atoms with Gasteiger partial charge in [-0.15, -0.1) is 0 Å². The van der Waals surface area contributed by atoms with Gasteiger partial charge in [0.2, 0.25) is 0 Å². The van der Waals surface area contributed by atoms with Crippen molar-refractivity contribution in [3.05, 3.63) is 35.4 Å². The van der Waals surface area contributed by atoms with Gasteiger partial charge in [0, 0.05) is 0 Å². The van der Waals surface area contributed by atoms with E-state index in [0.29, 0.717) is 0 Å². The summed E-state index contributed by atoms with van der Waals surface area (Å²) in [4.78, 5) is 11.6. The Morgan fingerprint density at radius 1 is 1.38 bits per heavy atom. The average Bonchev–Trinajstić information content (AvgIpc) is 2.28. The monoisotopic (exact) mass is 238 g/mol. The standard InChI is InChI=1S/C13H18O2S/c1-4-16-13(15)10(3)12(14)11-7-5-9(2)6-8-11/h5-8,10,12,14H,4H2,1-3H3/t10-,12+/m1/s1. The molecule has 0 amide bonds. The average molecular weight is 238 g/mol. The van der Waals surface area contributed by atoms with E-state index < -0.39 is 6.10 Å². The van der Waals surface area contributed by atoms with Crippen molar-refractivity contribution in [1.82, 2.24) is 0 Å². The van der Waals surface area contributed by atoms with Crippen LogP contribution in [-0.4, -0.2) is 16.0 Å². The number of hydrogen-bond donors (Lipinski definition) is 1. The van der Waals surface area contributed by atoms with Gasteiger partial charge in [-0.05, 0) is 18.2 Å². The van der Waals surface area contributed by atoms with Crippen molar-refractivity contribution >= 4 is 16.9 Å². The molecule has 0 radical (unpaired) electrons. The third-order valence-corrected chi connectivity index (χ3v) is 3.50. The Balaban J connectivity index is 2.73. The maximum absolute atomic E-state index is 11.6. The molecular weight excluding hydrogens is 220 g/mol. The highest BCUT2D eigenvalue weighted by molar-refractivity contribution is 8.13. The summed E-state index contributed by atoms with van der Waals surface area (Å²) in [5.41, 5.74) is 1.96. The van der Waals surface area contributed by atoms with Crippen molar-refractivity contribution < 1.29 is 9.90 Å². The van der Waals surface area contributed by atoms with Crippen LogP contribution in [0.5, 0.6) is 0 Å². The summed E-state index contributed by atoms with van der Waals surface area (Å²) in [6.45, 7) is 5.71. The molecule has 0 saturated heterocycles. The summed E-state index contributed by atoms with van der Waals surface area (Å²) in [5, 5.41) is 10.1. The SMILES string of the molecule is CCSC(=O)[C@H](C)[C@H](O)c1ccc(C)cc1. The number of benzene rings is 1. The minimum Gasteiger partial charge on any atom is -0.388 e. The van der Waals surface area contributed by atoms with E-state index in [0.717, 1.165) is 16.9 Å². The second-order valence-electron chi connectivity index (χ2n) is 3.90. The lowest BCUT2D eigenvalue weighted by molar-refractivity contribution is -0.117. The molecule has 16 heavy (non-hydrogen) atoms. The summed E-state index contributed by atoms with van der Waals surface area (Å²) in [7, 11) is 0. The molecule has 3 heteroatoms. The van der Waals surface area contributed by atoms with E-state index in [1.807, 2.05) is 38.1 Å². The Kier molecular flexibility index (Phi) is 5.03. The number of carbonyl (C=O) groups is 1. The van der Waals surface area contributed by atoms with E-state index >= 15 is 0 Å². The van der Waals surface area contributed by atoms with Crippen LogP contribution in [0.4, 0.5) is 0 Å². The molecule has 0 fully saturated rings. The fourth-order valence-electron chi connectivity index (χ4n) is 1.45. The number of aryl methyl sites for hydroxylation is 1. The van der Waals surface area contributed by atoms with Crippen LogP contribution in [0.15, 0.2) is 24.3 Å². The zero-order valence-electron chi connectivity index (χ0n) is 9.93. The molecule has 0 unspecified atom stereocenters. The summed E-state index contributed by atoms with van der Waals surface area (Å²) in [6.07, 6.45) is -0.702. The van der Waals surface area contributed by atoms with Crippen molar-refractivity contribution in [2.45, 2.75) is 26.9 Å². The van der Waals surface area contributed by atoms with Crippen LogP contribution < -0.4 is 0 Å². The normalized spacial score (nSPS) is 14.5. The van der Waals surface area contributed by atoms with Gasteiger partial charge in [-0.3, -0.25) is 4.79 Å². The fraction of sp³-hybridized carbons (Fsp3) is 0.462. The Morgan fingerprint density at radius 3 is 2.44 bits per heavy atom. The lowest BCUT2D eigenvalue weighted by Crippen LogP contribution is -2.17. The number of rotatable bonds is 4. The smallest absolute Gasteiger partial charge is 0.194 e. The van der Waals surface area contributed by atoms with Gasteiger partial charge in [-0.2, -0.15) is 0 Å². The van der Waals surface area contributed by atoms with E-state index in [4.69, 9.17) is 0 Å². The number of thioether (sulfide) groups is 1. The molecule has 0 aromatic heterocycles. The van der Waals surface area contributed by atoms with Crippen LogP contribution in [-0.2, 0) is 4.79 Å². The molecule has 0 heterocycles. The number of aliphatic hydroxyl groups is 1. The van der Waals surface area contributed by atoms with Crippen LogP contribution in [0.2, 0.25) is 0 Å². The van der Waals surface area contributed by atoms with Gasteiger partial charge in [0.15, 0.2) is 5.12 Å². The van der Waals surface area contributed by atoms with Gasteiger partial charge in [0.05, 0.1) is 12.0 Å². The van der Waals surface area contributed by atoms with Crippen molar-refractivity contribution in [3.63, 3.8) is 0 Å². The Labute approximate surface area is 101 Å². The van der Waals surface area contributed by atoms with E-state index in [1.165, 1.54) is 11.8 Å². The van der Waals surface area contributed by atoms with E-state index in [1.54, 1.807) is 6.92 Å². The Hall–Kier alpha value is -0.800. The summed E-state index contributed by atoms with van der Waals surface area (Å²) >= 11 is 1.27.